The van der Waals surface area contributed by atoms with Gasteiger partial charge in [0, 0.05) is 6.54 Å². The Morgan fingerprint density at radius 3 is 2.82 bits per heavy atom. The topological polar surface area (TPSA) is 76.1 Å². The fourth-order valence-electron chi connectivity index (χ4n) is 1.53. The number of carboxylic acid groups (broad SMARTS) is 1. The normalized spacial score (nSPS) is 20.4. The van der Waals surface area contributed by atoms with Crippen molar-refractivity contribution in [2.45, 2.75) is 26.4 Å². The Kier molecular flexibility index (Phi) is 5.21. The van der Waals surface area contributed by atoms with Crippen molar-refractivity contribution < 1.29 is 24.2 Å². The van der Waals surface area contributed by atoms with Crippen LogP contribution < -0.4 is 0 Å². The Morgan fingerprint density at radius 2 is 2.24 bits per heavy atom. The van der Waals surface area contributed by atoms with E-state index < -0.39 is 18.2 Å². The first-order chi connectivity index (χ1) is 7.99. The highest BCUT2D eigenvalue weighted by molar-refractivity contribution is 5.69. The van der Waals surface area contributed by atoms with Crippen LogP contribution in [-0.4, -0.2) is 54.5 Å². The average Bonchev–Trinajstić information content (AvgIpc) is 2.25. The van der Waals surface area contributed by atoms with Gasteiger partial charge in [0.05, 0.1) is 32.3 Å². The molecule has 0 bridgehead atoms. The lowest BCUT2D eigenvalue weighted by Crippen LogP contribution is -2.46. The van der Waals surface area contributed by atoms with Crippen molar-refractivity contribution in [3.05, 3.63) is 0 Å². The van der Waals surface area contributed by atoms with Crippen molar-refractivity contribution in [2.24, 2.45) is 5.92 Å². The molecule has 0 aromatic rings. The number of ether oxygens (including phenoxy) is 2. The number of carbonyl (C=O) groups is 2. The lowest BCUT2D eigenvalue weighted by Gasteiger charge is -2.31. The minimum Gasteiger partial charge on any atom is -0.481 e. The molecule has 1 unspecified atom stereocenters. The molecular weight excluding hydrogens is 226 g/mol. The second kappa shape index (κ2) is 6.44. The summed E-state index contributed by atoms with van der Waals surface area (Å²) in [4.78, 5) is 23.7. The quantitative estimate of drug-likeness (QED) is 0.798. The van der Waals surface area contributed by atoms with Crippen LogP contribution in [-0.2, 0) is 14.3 Å². The van der Waals surface area contributed by atoms with Crippen molar-refractivity contribution in [3.63, 3.8) is 0 Å². The third-order valence-corrected chi connectivity index (χ3v) is 2.34. The first kappa shape index (κ1) is 13.8. The Hall–Kier alpha value is -1.30. The minimum absolute atomic E-state index is 0.0893. The Bertz CT molecular complexity index is 279. The largest absolute Gasteiger partial charge is 0.481 e. The zero-order valence-corrected chi connectivity index (χ0v) is 10.2. The number of hydrogen-bond donors (Lipinski definition) is 1. The van der Waals surface area contributed by atoms with E-state index in [1.54, 1.807) is 0 Å². The zero-order valence-electron chi connectivity index (χ0n) is 10.2. The van der Waals surface area contributed by atoms with Gasteiger partial charge in [0.2, 0.25) is 0 Å². The number of nitrogens with zero attached hydrogens (tertiary/aromatic N) is 1. The molecule has 1 N–H and O–H groups in total. The number of carboxylic acids is 1. The van der Waals surface area contributed by atoms with E-state index in [0.717, 1.165) is 0 Å². The molecule has 6 nitrogen and oxygen atoms in total. The fraction of sp³-hybridized carbons (Fsp3) is 0.818. The summed E-state index contributed by atoms with van der Waals surface area (Å²) in [6.45, 7) is 5.38. The van der Waals surface area contributed by atoms with E-state index >= 15 is 0 Å². The van der Waals surface area contributed by atoms with Gasteiger partial charge in [-0.1, -0.05) is 13.8 Å². The van der Waals surface area contributed by atoms with E-state index in [1.807, 2.05) is 13.8 Å². The van der Waals surface area contributed by atoms with Gasteiger partial charge in [-0.3, -0.25) is 4.79 Å². The molecule has 1 amide bonds. The molecular formula is C11H19NO5. The number of rotatable bonds is 4. The molecule has 1 atom stereocenters. The number of hydrogen-bond acceptors (Lipinski definition) is 4. The fourth-order valence-corrected chi connectivity index (χ4v) is 1.53. The van der Waals surface area contributed by atoms with Gasteiger partial charge in [0.25, 0.3) is 0 Å². The van der Waals surface area contributed by atoms with Crippen LogP contribution in [0.2, 0.25) is 0 Å². The van der Waals surface area contributed by atoms with Gasteiger partial charge in [-0.15, -0.1) is 0 Å². The van der Waals surface area contributed by atoms with E-state index in [4.69, 9.17) is 14.6 Å². The van der Waals surface area contributed by atoms with Crippen LogP contribution in [0.1, 0.15) is 20.3 Å². The highest BCUT2D eigenvalue weighted by Crippen LogP contribution is 2.10. The van der Waals surface area contributed by atoms with Gasteiger partial charge in [-0.2, -0.15) is 0 Å². The molecule has 17 heavy (non-hydrogen) atoms. The van der Waals surface area contributed by atoms with Gasteiger partial charge < -0.3 is 19.5 Å². The summed E-state index contributed by atoms with van der Waals surface area (Å²) >= 11 is 0. The van der Waals surface area contributed by atoms with Crippen molar-refractivity contribution >= 4 is 12.1 Å². The van der Waals surface area contributed by atoms with Gasteiger partial charge in [0.1, 0.15) is 0 Å². The molecule has 0 spiro atoms. The summed E-state index contributed by atoms with van der Waals surface area (Å²) in [5.41, 5.74) is 0. The number of amides is 1. The first-order valence-electron chi connectivity index (χ1n) is 5.74. The van der Waals surface area contributed by atoms with Crippen LogP contribution in [0.25, 0.3) is 0 Å². The van der Waals surface area contributed by atoms with Crippen LogP contribution in [0.4, 0.5) is 4.79 Å². The molecule has 0 aromatic carbocycles. The predicted molar refractivity (Wildman–Crippen MR) is 59.8 cm³/mol. The maximum absolute atomic E-state index is 11.6. The molecule has 1 fully saturated rings. The molecule has 1 aliphatic heterocycles. The van der Waals surface area contributed by atoms with Gasteiger partial charge >= 0.3 is 12.1 Å². The van der Waals surface area contributed by atoms with E-state index in [-0.39, 0.29) is 18.9 Å². The average molecular weight is 245 g/mol. The Morgan fingerprint density at radius 1 is 1.53 bits per heavy atom. The molecule has 0 aliphatic carbocycles. The summed E-state index contributed by atoms with van der Waals surface area (Å²) < 4.78 is 10.3. The molecule has 0 aromatic heterocycles. The van der Waals surface area contributed by atoms with Crippen LogP contribution >= 0.6 is 0 Å². The molecule has 98 valence electrons. The van der Waals surface area contributed by atoms with Gasteiger partial charge in [0.15, 0.2) is 0 Å². The summed E-state index contributed by atoms with van der Waals surface area (Å²) in [6, 6.07) is 0. The minimum atomic E-state index is -0.924. The smallest absolute Gasteiger partial charge is 0.409 e. The van der Waals surface area contributed by atoms with E-state index in [0.29, 0.717) is 19.8 Å². The first-order valence-corrected chi connectivity index (χ1v) is 5.74. The molecule has 6 heteroatoms. The number of aliphatic carboxylic acids is 1. The molecule has 1 heterocycles. The van der Waals surface area contributed by atoms with Crippen molar-refractivity contribution in [2.75, 3.05) is 26.3 Å². The van der Waals surface area contributed by atoms with Crippen molar-refractivity contribution in [1.29, 1.82) is 0 Å². The Labute approximate surface area is 100 Å². The monoisotopic (exact) mass is 245 g/mol. The van der Waals surface area contributed by atoms with Crippen LogP contribution in [0.5, 0.6) is 0 Å². The zero-order chi connectivity index (χ0) is 12.8. The molecule has 0 radical (unpaired) electrons. The van der Waals surface area contributed by atoms with Crippen LogP contribution in [0.15, 0.2) is 0 Å². The summed E-state index contributed by atoms with van der Waals surface area (Å²) in [5.74, 6) is -0.637. The third kappa shape index (κ3) is 5.04. The molecule has 0 saturated carbocycles. The summed E-state index contributed by atoms with van der Waals surface area (Å²) in [5, 5.41) is 8.65. The summed E-state index contributed by atoms with van der Waals surface area (Å²) in [7, 11) is 0. The summed E-state index contributed by atoms with van der Waals surface area (Å²) in [6.07, 6.45) is -0.918. The highest BCUT2D eigenvalue weighted by Gasteiger charge is 2.26. The predicted octanol–water partition coefficient (Wildman–Crippen LogP) is 0.954. The van der Waals surface area contributed by atoms with Crippen LogP contribution in [0, 0.1) is 5.92 Å². The Balaban J connectivity index is 2.37. The lowest BCUT2D eigenvalue weighted by atomic mass is 10.2. The van der Waals surface area contributed by atoms with E-state index in [9.17, 15) is 9.59 Å². The second-order valence-electron chi connectivity index (χ2n) is 4.51. The standard InChI is InChI=1S/C11H19NO5/c1-8(2)7-17-11(15)12-3-4-16-9(6-12)5-10(13)14/h8-9H,3-7H2,1-2H3,(H,13,14). The molecule has 1 rings (SSSR count). The van der Waals surface area contributed by atoms with E-state index in [2.05, 4.69) is 0 Å². The van der Waals surface area contributed by atoms with Crippen molar-refractivity contribution in [1.82, 2.24) is 4.90 Å². The second-order valence-corrected chi connectivity index (χ2v) is 4.51. The third-order valence-electron chi connectivity index (χ3n) is 2.34. The molecule has 1 saturated heterocycles. The highest BCUT2D eigenvalue weighted by atomic mass is 16.6. The molecule has 1 aliphatic rings. The maximum atomic E-state index is 11.6. The SMILES string of the molecule is CC(C)COC(=O)N1CCOC(CC(=O)O)C1. The van der Waals surface area contributed by atoms with Crippen molar-refractivity contribution in [3.8, 4) is 0 Å². The van der Waals surface area contributed by atoms with Gasteiger partial charge in [-0.05, 0) is 5.92 Å². The lowest BCUT2D eigenvalue weighted by molar-refractivity contribution is -0.141. The van der Waals surface area contributed by atoms with E-state index in [1.165, 1.54) is 4.90 Å². The maximum Gasteiger partial charge on any atom is 0.409 e. The van der Waals surface area contributed by atoms with Gasteiger partial charge in [-0.25, -0.2) is 4.79 Å². The number of carbonyl (C=O) groups excluding carboxylic acids is 1. The van der Waals surface area contributed by atoms with Crippen LogP contribution in [0.3, 0.4) is 0 Å². The number of morpholine rings is 1.